The molecule has 0 saturated carbocycles. The van der Waals surface area contributed by atoms with Crippen molar-refractivity contribution in [3.8, 4) is 5.75 Å². The number of anilines is 1. The first-order valence-corrected chi connectivity index (χ1v) is 6.15. The Kier molecular flexibility index (Phi) is 5.66. The minimum Gasteiger partial charge on any atom is -0.494 e. The maximum Gasteiger partial charge on any atom is 0.405 e. The van der Waals surface area contributed by atoms with Gasteiger partial charge < -0.3 is 15.4 Å². The monoisotopic (exact) mass is 290 g/mol. The zero-order chi connectivity index (χ0) is 15.2. The predicted octanol–water partition coefficient (Wildman–Crippen LogP) is 2.56. The van der Waals surface area contributed by atoms with Gasteiger partial charge in [0.1, 0.15) is 18.3 Å². The SMILES string of the molecule is CCOc1ccc(NC(C)C(=O)NCC(F)(F)F)cc1. The van der Waals surface area contributed by atoms with Crippen LogP contribution in [0.2, 0.25) is 0 Å². The van der Waals surface area contributed by atoms with Crippen LogP contribution in [-0.2, 0) is 4.79 Å². The minimum atomic E-state index is -4.41. The molecule has 1 amide bonds. The number of hydrogen-bond donors (Lipinski definition) is 2. The van der Waals surface area contributed by atoms with E-state index < -0.39 is 24.7 Å². The van der Waals surface area contributed by atoms with E-state index in [-0.39, 0.29) is 0 Å². The molecule has 7 heteroatoms. The molecular weight excluding hydrogens is 273 g/mol. The van der Waals surface area contributed by atoms with Gasteiger partial charge in [-0.1, -0.05) is 0 Å². The molecule has 0 spiro atoms. The fraction of sp³-hybridized carbons (Fsp3) is 0.462. The third kappa shape index (κ3) is 5.81. The first kappa shape index (κ1) is 16.1. The second-order valence-corrected chi connectivity index (χ2v) is 4.16. The second kappa shape index (κ2) is 7.02. The van der Waals surface area contributed by atoms with E-state index in [0.29, 0.717) is 18.0 Å². The highest BCUT2D eigenvalue weighted by Gasteiger charge is 2.28. The summed E-state index contributed by atoms with van der Waals surface area (Å²) in [6.45, 7) is 2.56. The van der Waals surface area contributed by atoms with E-state index in [0.717, 1.165) is 0 Å². The largest absolute Gasteiger partial charge is 0.494 e. The molecule has 0 aliphatic heterocycles. The van der Waals surface area contributed by atoms with Gasteiger partial charge in [0.25, 0.3) is 0 Å². The van der Waals surface area contributed by atoms with Crippen molar-refractivity contribution in [1.82, 2.24) is 5.32 Å². The van der Waals surface area contributed by atoms with Crippen LogP contribution >= 0.6 is 0 Å². The fourth-order valence-electron chi connectivity index (χ4n) is 1.47. The van der Waals surface area contributed by atoms with Crippen molar-refractivity contribution < 1.29 is 22.7 Å². The third-order valence-corrected chi connectivity index (χ3v) is 2.40. The summed E-state index contributed by atoms with van der Waals surface area (Å²) in [4.78, 5) is 11.5. The number of halogens is 3. The van der Waals surface area contributed by atoms with Crippen molar-refractivity contribution in [2.75, 3.05) is 18.5 Å². The molecule has 0 aliphatic carbocycles. The van der Waals surface area contributed by atoms with Crippen LogP contribution in [-0.4, -0.2) is 31.3 Å². The maximum atomic E-state index is 12.0. The summed E-state index contributed by atoms with van der Waals surface area (Å²) in [5.41, 5.74) is 0.628. The van der Waals surface area contributed by atoms with E-state index >= 15 is 0 Å². The number of carbonyl (C=O) groups is 1. The number of alkyl halides is 3. The molecule has 1 aromatic rings. The standard InChI is InChI=1S/C13H17F3N2O2/c1-3-20-11-6-4-10(5-7-11)18-9(2)12(19)17-8-13(14,15)16/h4-7,9,18H,3,8H2,1-2H3,(H,17,19). The number of nitrogens with one attached hydrogen (secondary N) is 2. The van der Waals surface area contributed by atoms with Gasteiger partial charge in [-0.2, -0.15) is 13.2 Å². The number of ether oxygens (including phenoxy) is 1. The van der Waals surface area contributed by atoms with Gasteiger partial charge in [-0.05, 0) is 38.1 Å². The molecule has 0 bridgehead atoms. The van der Waals surface area contributed by atoms with Gasteiger partial charge in [0.2, 0.25) is 5.91 Å². The Morgan fingerprint density at radius 1 is 1.30 bits per heavy atom. The Bertz CT molecular complexity index is 432. The van der Waals surface area contributed by atoms with Gasteiger partial charge in [0.05, 0.1) is 6.61 Å². The van der Waals surface area contributed by atoms with Crippen molar-refractivity contribution in [2.45, 2.75) is 26.1 Å². The van der Waals surface area contributed by atoms with Crippen molar-refractivity contribution in [2.24, 2.45) is 0 Å². The topological polar surface area (TPSA) is 50.4 Å². The van der Waals surface area contributed by atoms with Crippen LogP contribution < -0.4 is 15.4 Å². The number of rotatable bonds is 6. The Hall–Kier alpha value is -1.92. The highest BCUT2D eigenvalue weighted by atomic mass is 19.4. The summed E-state index contributed by atoms with van der Waals surface area (Å²) in [6, 6.07) is 6.05. The predicted molar refractivity (Wildman–Crippen MR) is 69.8 cm³/mol. The van der Waals surface area contributed by atoms with Crippen molar-refractivity contribution in [3.63, 3.8) is 0 Å². The van der Waals surface area contributed by atoms with Gasteiger partial charge in [-0.15, -0.1) is 0 Å². The normalized spacial score (nSPS) is 12.7. The molecule has 0 saturated heterocycles. The lowest BCUT2D eigenvalue weighted by Crippen LogP contribution is -2.42. The molecule has 4 nitrogen and oxygen atoms in total. The van der Waals surface area contributed by atoms with Gasteiger partial charge in [-0.25, -0.2) is 0 Å². The Balaban J connectivity index is 2.48. The van der Waals surface area contributed by atoms with Gasteiger partial charge in [0, 0.05) is 5.69 Å². The van der Waals surface area contributed by atoms with E-state index in [2.05, 4.69) is 5.32 Å². The summed E-state index contributed by atoms with van der Waals surface area (Å²) in [5, 5.41) is 4.64. The zero-order valence-corrected chi connectivity index (χ0v) is 11.3. The van der Waals surface area contributed by atoms with E-state index in [1.165, 1.54) is 6.92 Å². The van der Waals surface area contributed by atoms with Gasteiger partial charge in [0.15, 0.2) is 0 Å². The van der Waals surface area contributed by atoms with Crippen LogP contribution in [0.3, 0.4) is 0 Å². The summed E-state index contributed by atoms with van der Waals surface area (Å²) in [6.07, 6.45) is -4.41. The number of benzene rings is 1. The molecule has 1 unspecified atom stereocenters. The molecule has 2 N–H and O–H groups in total. The number of hydrogen-bond acceptors (Lipinski definition) is 3. The summed E-state index contributed by atoms with van der Waals surface area (Å²) in [5.74, 6) is -0.0246. The van der Waals surface area contributed by atoms with Crippen LogP contribution in [0.1, 0.15) is 13.8 Å². The zero-order valence-electron chi connectivity index (χ0n) is 11.3. The average molecular weight is 290 g/mol. The van der Waals surface area contributed by atoms with Crippen molar-refractivity contribution >= 4 is 11.6 Å². The second-order valence-electron chi connectivity index (χ2n) is 4.16. The molecule has 0 aromatic heterocycles. The molecule has 0 radical (unpaired) electrons. The fourth-order valence-corrected chi connectivity index (χ4v) is 1.47. The third-order valence-electron chi connectivity index (χ3n) is 2.40. The van der Waals surface area contributed by atoms with E-state index in [1.54, 1.807) is 24.3 Å². The lowest BCUT2D eigenvalue weighted by molar-refractivity contribution is -0.138. The number of amides is 1. The van der Waals surface area contributed by atoms with Gasteiger partial charge in [-0.3, -0.25) is 4.79 Å². The molecule has 1 aromatic carbocycles. The Labute approximate surface area is 115 Å². The van der Waals surface area contributed by atoms with Crippen LogP contribution in [0, 0.1) is 0 Å². The van der Waals surface area contributed by atoms with Crippen molar-refractivity contribution in [1.29, 1.82) is 0 Å². The first-order valence-electron chi connectivity index (χ1n) is 6.15. The highest BCUT2D eigenvalue weighted by molar-refractivity contribution is 5.84. The molecule has 0 aliphatic rings. The number of carbonyl (C=O) groups excluding carboxylic acids is 1. The van der Waals surface area contributed by atoms with Crippen LogP contribution in [0.25, 0.3) is 0 Å². The van der Waals surface area contributed by atoms with Crippen LogP contribution in [0.5, 0.6) is 5.75 Å². The molecule has 0 fully saturated rings. The molecular formula is C13H17F3N2O2. The molecule has 1 atom stereocenters. The molecule has 20 heavy (non-hydrogen) atoms. The average Bonchev–Trinajstić information content (AvgIpc) is 2.37. The van der Waals surface area contributed by atoms with Crippen LogP contribution in [0.15, 0.2) is 24.3 Å². The van der Waals surface area contributed by atoms with Crippen molar-refractivity contribution in [3.05, 3.63) is 24.3 Å². The van der Waals surface area contributed by atoms with E-state index in [1.807, 2.05) is 12.2 Å². The summed E-state index contributed by atoms with van der Waals surface area (Å²) in [7, 11) is 0. The van der Waals surface area contributed by atoms with E-state index in [9.17, 15) is 18.0 Å². The smallest absolute Gasteiger partial charge is 0.405 e. The quantitative estimate of drug-likeness (QED) is 0.846. The lowest BCUT2D eigenvalue weighted by atomic mass is 10.2. The molecule has 1 rings (SSSR count). The van der Waals surface area contributed by atoms with Gasteiger partial charge >= 0.3 is 6.18 Å². The molecule has 112 valence electrons. The summed E-state index contributed by atoms with van der Waals surface area (Å²) >= 11 is 0. The summed E-state index contributed by atoms with van der Waals surface area (Å²) < 4.78 is 41.2. The van der Waals surface area contributed by atoms with Crippen LogP contribution in [0.4, 0.5) is 18.9 Å². The Morgan fingerprint density at radius 3 is 2.40 bits per heavy atom. The Morgan fingerprint density at radius 2 is 1.90 bits per heavy atom. The minimum absolute atomic E-state index is 0.545. The highest BCUT2D eigenvalue weighted by Crippen LogP contribution is 2.16. The lowest BCUT2D eigenvalue weighted by Gasteiger charge is -2.16. The molecule has 0 heterocycles. The van der Waals surface area contributed by atoms with E-state index in [4.69, 9.17) is 4.74 Å². The maximum absolute atomic E-state index is 12.0. The first-order chi connectivity index (χ1) is 9.31.